The van der Waals surface area contributed by atoms with E-state index in [9.17, 15) is 9.90 Å². The van der Waals surface area contributed by atoms with Crippen molar-refractivity contribution in [1.29, 1.82) is 0 Å². The number of amides is 1. The molecule has 2 saturated heterocycles. The first kappa shape index (κ1) is 24.5. The first-order valence-electron chi connectivity index (χ1n) is 11.8. The van der Waals surface area contributed by atoms with Crippen LogP contribution in [0.4, 0.5) is 0 Å². The maximum Gasteiger partial charge on any atom is 0.254 e. The maximum absolute atomic E-state index is 13.2. The van der Waals surface area contributed by atoms with Gasteiger partial charge in [0.1, 0.15) is 6.61 Å². The third-order valence-corrected chi connectivity index (χ3v) is 7.11. The average molecular weight is 470 g/mol. The zero-order valence-electron chi connectivity index (χ0n) is 20.6. The van der Waals surface area contributed by atoms with Gasteiger partial charge >= 0.3 is 0 Å². The Morgan fingerprint density at radius 3 is 2.53 bits per heavy atom. The maximum atomic E-state index is 13.2. The zero-order chi connectivity index (χ0) is 24.5. The van der Waals surface area contributed by atoms with E-state index in [4.69, 9.17) is 18.9 Å². The molecule has 2 aliphatic heterocycles. The number of ether oxygens (including phenoxy) is 4. The Kier molecular flexibility index (Phi) is 6.90. The Labute approximate surface area is 201 Å². The topological polar surface area (TPSA) is 77.5 Å². The second-order valence-electron chi connectivity index (χ2n) is 9.96. The lowest BCUT2D eigenvalue weighted by molar-refractivity contribution is -0.159. The minimum Gasteiger partial charge on any atom is -0.493 e. The molecule has 2 aromatic rings. The number of benzene rings is 2. The molecule has 7 heteroatoms. The second kappa shape index (κ2) is 9.56. The van der Waals surface area contributed by atoms with Crippen LogP contribution in [0.1, 0.15) is 44.7 Å². The number of hydrogen-bond acceptors (Lipinski definition) is 6. The van der Waals surface area contributed by atoms with Crippen molar-refractivity contribution < 1.29 is 28.8 Å². The van der Waals surface area contributed by atoms with Gasteiger partial charge in [0.2, 0.25) is 0 Å². The lowest BCUT2D eigenvalue weighted by Crippen LogP contribution is -2.42. The molecule has 0 spiro atoms. The Balaban J connectivity index is 1.57. The second-order valence-corrected chi connectivity index (χ2v) is 9.96. The summed E-state index contributed by atoms with van der Waals surface area (Å²) in [6.45, 7) is 8.99. The molecule has 2 aromatic carbocycles. The first-order valence-corrected chi connectivity index (χ1v) is 11.8. The van der Waals surface area contributed by atoms with Gasteiger partial charge in [-0.1, -0.05) is 43.3 Å². The fraction of sp³-hybridized carbons (Fsp3) is 0.519. The molecular formula is C27H35NO6. The predicted molar refractivity (Wildman–Crippen MR) is 128 cm³/mol. The van der Waals surface area contributed by atoms with Crippen LogP contribution in [0.3, 0.4) is 0 Å². The van der Waals surface area contributed by atoms with Crippen LogP contribution in [0, 0.1) is 5.41 Å². The molecule has 7 nitrogen and oxygen atoms in total. The molecule has 1 N–H and O–H groups in total. The molecule has 184 valence electrons. The normalized spacial score (nSPS) is 26.9. The van der Waals surface area contributed by atoms with Gasteiger partial charge < -0.3 is 29.0 Å². The highest BCUT2D eigenvalue weighted by Crippen LogP contribution is 2.47. The minimum atomic E-state index is -0.770. The van der Waals surface area contributed by atoms with Crippen LogP contribution >= 0.6 is 0 Å². The van der Waals surface area contributed by atoms with E-state index in [1.54, 1.807) is 32.8 Å². The van der Waals surface area contributed by atoms with Crippen molar-refractivity contribution in [3.8, 4) is 11.5 Å². The summed E-state index contributed by atoms with van der Waals surface area (Å²) in [6, 6.07) is 15.8. The molecule has 34 heavy (non-hydrogen) atoms. The Morgan fingerprint density at radius 1 is 1.18 bits per heavy atom. The van der Waals surface area contributed by atoms with E-state index in [1.807, 2.05) is 55.5 Å². The minimum absolute atomic E-state index is 0.0863. The van der Waals surface area contributed by atoms with Crippen LogP contribution in [0.2, 0.25) is 0 Å². The molecule has 4 rings (SSSR count). The van der Waals surface area contributed by atoms with Crippen LogP contribution in [0.25, 0.3) is 0 Å². The number of aliphatic hydroxyl groups excluding tert-OH is 1. The van der Waals surface area contributed by atoms with Crippen LogP contribution in [-0.4, -0.2) is 60.7 Å². The van der Waals surface area contributed by atoms with E-state index in [2.05, 4.69) is 0 Å². The number of carbonyl (C=O) groups is 1. The predicted octanol–water partition coefficient (Wildman–Crippen LogP) is 3.74. The number of methoxy groups -OCH3 is 1. The number of hydrogen-bond donors (Lipinski definition) is 1. The number of nitrogens with zero attached hydrogens (tertiary/aromatic N) is 1. The quantitative estimate of drug-likeness (QED) is 0.666. The largest absolute Gasteiger partial charge is 0.493 e. The van der Waals surface area contributed by atoms with Gasteiger partial charge in [0.05, 0.1) is 19.8 Å². The molecule has 1 amide bonds. The van der Waals surface area contributed by atoms with Crippen molar-refractivity contribution in [2.75, 3.05) is 26.8 Å². The molecule has 4 atom stereocenters. The van der Waals surface area contributed by atoms with E-state index in [-0.39, 0.29) is 18.4 Å². The van der Waals surface area contributed by atoms with Gasteiger partial charge in [0.25, 0.3) is 5.91 Å². The number of rotatable bonds is 7. The van der Waals surface area contributed by atoms with Gasteiger partial charge in [-0.2, -0.15) is 0 Å². The van der Waals surface area contributed by atoms with Crippen molar-refractivity contribution in [2.45, 2.75) is 58.2 Å². The SMILES string of the molecule is COc1ccc([C@@H]2CN(C(=O)C3COC(C)(C)O3)C[C@@]2(C)[C@@H](C)O)cc1OCc1ccccc1. The summed E-state index contributed by atoms with van der Waals surface area (Å²) in [5.74, 6) is 0.318. The van der Waals surface area contributed by atoms with Crippen LogP contribution < -0.4 is 9.47 Å². The number of likely N-dealkylation sites (tertiary alicyclic amines) is 1. The summed E-state index contributed by atoms with van der Waals surface area (Å²) >= 11 is 0. The van der Waals surface area contributed by atoms with Gasteiger partial charge in [0.15, 0.2) is 23.4 Å². The highest BCUT2D eigenvalue weighted by Gasteiger charge is 2.50. The van der Waals surface area contributed by atoms with Gasteiger partial charge in [-0.05, 0) is 44.0 Å². The molecular weight excluding hydrogens is 434 g/mol. The Hall–Kier alpha value is -2.61. The van der Waals surface area contributed by atoms with Crippen molar-refractivity contribution in [1.82, 2.24) is 4.90 Å². The summed E-state index contributed by atoms with van der Waals surface area (Å²) in [6.07, 6.45) is -1.25. The third-order valence-electron chi connectivity index (χ3n) is 7.11. The molecule has 0 saturated carbocycles. The Morgan fingerprint density at radius 2 is 1.91 bits per heavy atom. The van der Waals surface area contributed by atoms with Crippen molar-refractivity contribution in [3.63, 3.8) is 0 Å². The molecule has 0 aliphatic carbocycles. The summed E-state index contributed by atoms with van der Waals surface area (Å²) in [5.41, 5.74) is 1.52. The summed E-state index contributed by atoms with van der Waals surface area (Å²) in [5, 5.41) is 10.8. The van der Waals surface area contributed by atoms with Gasteiger partial charge in [-0.25, -0.2) is 0 Å². The molecule has 2 aliphatic rings. The smallest absolute Gasteiger partial charge is 0.254 e. The van der Waals surface area contributed by atoms with Crippen LogP contribution in [0.15, 0.2) is 48.5 Å². The molecule has 2 heterocycles. The summed E-state index contributed by atoms with van der Waals surface area (Å²) in [4.78, 5) is 15.0. The monoisotopic (exact) mass is 469 g/mol. The van der Waals surface area contributed by atoms with E-state index in [0.29, 0.717) is 31.2 Å². The number of carbonyl (C=O) groups excluding carboxylic acids is 1. The van der Waals surface area contributed by atoms with Gasteiger partial charge in [-0.15, -0.1) is 0 Å². The lowest BCUT2D eigenvalue weighted by Gasteiger charge is -2.34. The van der Waals surface area contributed by atoms with Gasteiger partial charge in [0, 0.05) is 24.4 Å². The van der Waals surface area contributed by atoms with Crippen LogP contribution in [0.5, 0.6) is 11.5 Å². The zero-order valence-corrected chi connectivity index (χ0v) is 20.6. The molecule has 1 unspecified atom stereocenters. The molecule has 0 aromatic heterocycles. The first-order chi connectivity index (χ1) is 16.1. The van der Waals surface area contributed by atoms with E-state index in [0.717, 1.165) is 11.1 Å². The fourth-order valence-corrected chi connectivity index (χ4v) is 4.86. The highest BCUT2D eigenvalue weighted by atomic mass is 16.7. The van der Waals surface area contributed by atoms with E-state index < -0.39 is 23.4 Å². The summed E-state index contributed by atoms with van der Waals surface area (Å²) < 4.78 is 23.0. The fourth-order valence-electron chi connectivity index (χ4n) is 4.86. The third kappa shape index (κ3) is 4.92. The molecule has 2 fully saturated rings. The van der Waals surface area contributed by atoms with Crippen molar-refractivity contribution in [2.24, 2.45) is 5.41 Å². The molecule has 0 bridgehead atoms. The average Bonchev–Trinajstić information content (AvgIpc) is 3.38. The van der Waals surface area contributed by atoms with Crippen molar-refractivity contribution >= 4 is 5.91 Å². The van der Waals surface area contributed by atoms with Crippen LogP contribution in [-0.2, 0) is 20.9 Å². The number of aliphatic hydroxyl groups is 1. The standard InChI is InChI=1S/C27H35NO6/c1-18(29)27(4)17-28(25(30)24-16-33-26(2,3)34-24)14-21(27)20-11-12-22(31-5)23(13-20)32-15-19-9-7-6-8-10-19/h6-13,18,21,24,29H,14-17H2,1-5H3/t18-,21+,24?,27+/m1/s1. The lowest BCUT2D eigenvalue weighted by atomic mass is 9.72. The van der Waals surface area contributed by atoms with Crippen molar-refractivity contribution in [3.05, 3.63) is 59.7 Å². The molecule has 0 radical (unpaired) electrons. The van der Waals surface area contributed by atoms with E-state index >= 15 is 0 Å². The van der Waals surface area contributed by atoms with Gasteiger partial charge in [-0.3, -0.25) is 4.79 Å². The van der Waals surface area contributed by atoms with E-state index in [1.165, 1.54) is 0 Å². The Bertz CT molecular complexity index is 1010. The highest BCUT2D eigenvalue weighted by molar-refractivity contribution is 5.82. The summed E-state index contributed by atoms with van der Waals surface area (Å²) in [7, 11) is 1.62.